The van der Waals surface area contributed by atoms with Crippen LogP contribution in [0.5, 0.6) is 11.6 Å². The van der Waals surface area contributed by atoms with Crippen LogP contribution in [-0.4, -0.2) is 23.4 Å². The van der Waals surface area contributed by atoms with Gasteiger partial charge in [0.2, 0.25) is 11.4 Å². The van der Waals surface area contributed by atoms with Gasteiger partial charge in [-0.2, -0.15) is 0 Å². The van der Waals surface area contributed by atoms with E-state index in [1.807, 2.05) is 0 Å². The van der Waals surface area contributed by atoms with Crippen molar-refractivity contribution in [2.75, 3.05) is 7.11 Å². The summed E-state index contributed by atoms with van der Waals surface area (Å²) in [6.07, 6.45) is 3.65. The first-order valence-corrected chi connectivity index (χ1v) is 5.52. The van der Waals surface area contributed by atoms with Crippen LogP contribution in [0.15, 0.2) is 35.4 Å². The molecule has 0 saturated heterocycles. The maximum atomic E-state index is 10.9. The number of pyridine rings is 2. The number of ether oxygens (including phenoxy) is 2. The zero-order valence-corrected chi connectivity index (χ0v) is 10.3. The lowest BCUT2D eigenvalue weighted by Crippen LogP contribution is -2.05. The zero-order chi connectivity index (χ0) is 13.7. The Morgan fingerprint density at radius 1 is 1.42 bits per heavy atom. The molecule has 0 aliphatic carbocycles. The molecule has 6 nitrogen and oxygen atoms in total. The topological polar surface area (TPSA) is 81.3 Å². The molecule has 19 heavy (non-hydrogen) atoms. The van der Waals surface area contributed by atoms with Gasteiger partial charge in [-0.25, -0.2) is 4.98 Å². The SMILES string of the molecule is COc1cc(C=O)c(OCc2ccc(=O)[nH]c2)cn1. The molecule has 0 spiro atoms. The number of nitrogens with one attached hydrogen (secondary N) is 1. The lowest BCUT2D eigenvalue weighted by molar-refractivity contribution is 0.111. The number of methoxy groups -OCH3 is 1. The highest BCUT2D eigenvalue weighted by Crippen LogP contribution is 2.20. The Morgan fingerprint density at radius 3 is 2.89 bits per heavy atom. The number of aromatic nitrogens is 2. The largest absolute Gasteiger partial charge is 0.486 e. The van der Waals surface area contributed by atoms with Gasteiger partial charge in [0, 0.05) is 23.9 Å². The Hall–Kier alpha value is -2.63. The Balaban J connectivity index is 2.12. The molecule has 0 amide bonds. The predicted octanol–water partition coefficient (Wildman–Crippen LogP) is 1.17. The summed E-state index contributed by atoms with van der Waals surface area (Å²) in [5, 5.41) is 0. The van der Waals surface area contributed by atoms with Crippen LogP contribution in [0, 0.1) is 0 Å². The van der Waals surface area contributed by atoms with Gasteiger partial charge in [0.25, 0.3) is 0 Å². The number of hydrogen-bond donors (Lipinski definition) is 1. The van der Waals surface area contributed by atoms with Crippen LogP contribution in [0.4, 0.5) is 0 Å². The maximum Gasteiger partial charge on any atom is 0.247 e. The van der Waals surface area contributed by atoms with Gasteiger partial charge in [0.05, 0.1) is 18.9 Å². The first-order chi connectivity index (χ1) is 9.22. The number of carbonyl (C=O) groups is 1. The Morgan fingerprint density at radius 2 is 2.26 bits per heavy atom. The van der Waals surface area contributed by atoms with Crippen molar-refractivity contribution in [3.63, 3.8) is 0 Å². The van der Waals surface area contributed by atoms with Gasteiger partial charge in [-0.15, -0.1) is 0 Å². The van der Waals surface area contributed by atoms with E-state index in [-0.39, 0.29) is 12.2 Å². The fourth-order valence-electron chi connectivity index (χ4n) is 1.46. The highest BCUT2D eigenvalue weighted by Gasteiger charge is 2.06. The third-order valence-corrected chi connectivity index (χ3v) is 2.45. The molecule has 0 atom stereocenters. The van der Waals surface area contributed by atoms with E-state index in [0.717, 1.165) is 5.56 Å². The molecule has 2 aromatic rings. The van der Waals surface area contributed by atoms with Crippen molar-refractivity contribution >= 4 is 6.29 Å². The van der Waals surface area contributed by atoms with Crippen LogP contribution in [-0.2, 0) is 6.61 Å². The van der Waals surface area contributed by atoms with Crippen LogP contribution in [0.2, 0.25) is 0 Å². The van der Waals surface area contributed by atoms with Crippen LogP contribution < -0.4 is 15.0 Å². The van der Waals surface area contributed by atoms with E-state index in [9.17, 15) is 9.59 Å². The normalized spacial score (nSPS) is 9.95. The second kappa shape index (κ2) is 5.81. The van der Waals surface area contributed by atoms with E-state index < -0.39 is 0 Å². The minimum Gasteiger partial charge on any atom is -0.486 e. The Bertz CT molecular complexity index is 616. The molecular weight excluding hydrogens is 248 g/mol. The van der Waals surface area contributed by atoms with E-state index in [0.29, 0.717) is 23.5 Å². The molecule has 98 valence electrons. The van der Waals surface area contributed by atoms with E-state index >= 15 is 0 Å². The number of nitrogens with zero attached hydrogens (tertiary/aromatic N) is 1. The molecule has 2 aromatic heterocycles. The van der Waals surface area contributed by atoms with Gasteiger partial charge < -0.3 is 14.5 Å². The number of aldehydes is 1. The molecule has 1 N–H and O–H groups in total. The predicted molar refractivity (Wildman–Crippen MR) is 67.6 cm³/mol. The molecule has 0 aromatic carbocycles. The van der Waals surface area contributed by atoms with Crippen LogP contribution in [0.25, 0.3) is 0 Å². The molecule has 6 heteroatoms. The second-order valence-corrected chi connectivity index (χ2v) is 3.73. The summed E-state index contributed by atoms with van der Waals surface area (Å²) in [6, 6.07) is 4.55. The van der Waals surface area contributed by atoms with Gasteiger partial charge in [0.15, 0.2) is 6.29 Å². The third kappa shape index (κ3) is 3.19. The molecule has 2 rings (SSSR count). The molecule has 0 bridgehead atoms. The molecular formula is C13H12N2O4. The van der Waals surface area contributed by atoms with Gasteiger partial charge in [-0.3, -0.25) is 9.59 Å². The first-order valence-electron chi connectivity index (χ1n) is 5.52. The van der Waals surface area contributed by atoms with Crippen molar-refractivity contribution in [1.82, 2.24) is 9.97 Å². The smallest absolute Gasteiger partial charge is 0.247 e. The van der Waals surface area contributed by atoms with Crippen molar-refractivity contribution < 1.29 is 14.3 Å². The lowest BCUT2D eigenvalue weighted by atomic mass is 10.2. The van der Waals surface area contributed by atoms with E-state index in [1.165, 1.54) is 25.4 Å². The number of aromatic amines is 1. The number of H-pyrrole nitrogens is 1. The van der Waals surface area contributed by atoms with Crippen molar-refractivity contribution in [2.24, 2.45) is 0 Å². The van der Waals surface area contributed by atoms with Gasteiger partial charge in [-0.1, -0.05) is 0 Å². The fraction of sp³-hybridized carbons (Fsp3) is 0.154. The molecule has 0 aliphatic heterocycles. The van der Waals surface area contributed by atoms with Crippen LogP contribution >= 0.6 is 0 Å². The molecule has 2 heterocycles. The van der Waals surface area contributed by atoms with Gasteiger partial charge in [-0.05, 0) is 6.07 Å². The first kappa shape index (κ1) is 12.8. The number of carbonyl (C=O) groups excluding carboxylic acids is 1. The molecule has 0 fully saturated rings. The molecule has 0 unspecified atom stereocenters. The molecule has 0 aliphatic rings. The summed E-state index contributed by atoms with van der Waals surface area (Å²) in [5.41, 5.74) is 0.965. The van der Waals surface area contributed by atoms with E-state index in [4.69, 9.17) is 9.47 Å². The van der Waals surface area contributed by atoms with Crippen LogP contribution in [0.3, 0.4) is 0 Å². The highest BCUT2D eigenvalue weighted by atomic mass is 16.5. The summed E-state index contributed by atoms with van der Waals surface area (Å²) < 4.78 is 10.4. The lowest BCUT2D eigenvalue weighted by Gasteiger charge is -2.08. The molecule has 0 saturated carbocycles. The minimum atomic E-state index is -0.177. The third-order valence-electron chi connectivity index (χ3n) is 2.45. The number of rotatable bonds is 5. The monoisotopic (exact) mass is 260 g/mol. The maximum absolute atomic E-state index is 10.9. The second-order valence-electron chi connectivity index (χ2n) is 3.73. The molecule has 0 radical (unpaired) electrons. The van der Waals surface area contributed by atoms with Crippen molar-refractivity contribution in [3.05, 3.63) is 52.1 Å². The summed E-state index contributed by atoms with van der Waals surface area (Å²) in [6.45, 7) is 0.228. The standard InChI is InChI=1S/C13H12N2O4/c1-18-13-4-10(7-16)11(6-15-13)19-8-9-2-3-12(17)14-5-9/h2-7H,8H2,1H3,(H,14,17). The van der Waals surface area contributed by atoms with Gasteiger partial charge >= 0.3 is 0 Å². The average Bonchev–Trinajstić information content (AvgIpc) is 2.46. The summed E-state index contributed by atoms with van der Waals surface area (Å²) >= 11 is 0. The van der Waals surface area contributed by atoms with Crippen LogP contribution in [0.1, 0.15) is 15.9 Å². The highest BCUT2D eigenvalue weighted by molar-refractivity contribution is 5.79. The van der Waals surface area contributed by atoms with Gasteiger partial charge in [0.1, 0.15) is 12.4 Å². The zero-order valence-electron chi connectivity index (χ0n) is 10.3. The van der Waals surface area contributed by atoms with E-state index in [2.05, 4.69) is 9.97 Å². The fourth-order valence-corrected chi connectivity index (χ4v) is 1.46. The summed E-state index contributed by atoms with van der Waals surface area (Å²) in [7, 11) is 1.47. The number of hydrogen-bond acceptors (Lipinski definition) is 5. The van der Waals surface area contributed by atoms with Crippen molar-refractivity contribution in [2.45, 2.75) is 6.61 Å². The average molecular weight is 260 g/mol. The van der Waals surface area contributed by atoms with E-state index in [1.54, 1.807) is 12.3 Å². The minimum absolute atomic E-state index is 0.177. The Kier molecular flexibility index (Phi) is 3.92. The van der Waals surface area contributed by atoms with Crippen molar-refractivity contribution in [3.8, 4) is 11.6 Å². The summed E-state index contributed by atoms with van der Waals surface area (Å²) in [5.74, 6) is 0.709. The summed E-state index contributed by atoms with van der Waals surface area (Å²) in [4.78, 5) is 28.4. The Labute approximate surface area is 109 Å². The quantitative estimate of drug-likeness (QED) is 0.816. The van der Waals surface area contributed by atoms with Crippen molar-refractivity contribution in [1.29, 1.82) is 0 Å².